The Morgan fingerprint density at radius 3 is 2.34 bits per heavy atom. The normalized spacial score (nSPS) is 12.1. The molecule has 0 unspecified atom stereocenters. The van der Waals surface area contributed by atoms with E-state index in [-0.39, 0.29) is 12.1 Å². The highest BCUT2D eigenvalue weighted by Gasteiger charge is 2.30. The van der Waals surface area contributed by atoms with Gasteiger partial charge in [-0.15, -0.1) is 0 Å². The number of carbonyl (C=O) groups is 2. The van der Waals surface area contributed by atoms with Gasteiger partial charge in [0, 0.05) is 5.56 Å². The van der Waals surface area contributed by atoms with Crippen LogP contribution in [0.25, 0.3) is 0 Å². The number of hydrogen-bond donors (Lipinski definition) is 2. The summed E-state index contributed by atoms with van der Waals surface area (Å²) in [5, 5.41) is 5.01. The Morgan fingerprint density at radius 1 is 1.03 bits per heavy atom. The lowest BCUT2D eigenvalue weighted by atomic mass is 10.0. The third kappa shape index (κ3) is 5.87. The van der Waals surface area contributed by atoms with Gasteiger partial charge in [0.2, 0.25) is 5.91 Å². The maximum absolute atomic E-state index is 12.8. The summed E-state index contributed by atoms with van der Waals surface area (Å²) in [7, 11) is 2.90. The van der Waals surface area contributed by atoms with E-state index in [4.69, 9.17) is 9.47 Å². The summed E-state index contributed by atoms with van der Waals surface area (Å²) in [6.07, 6.45) is -4.47. The van der Waals surface area contributed by atoms with Gasteiger partial charge >= 0.3 is 6.18 Å². The van der Waals surface area contributed by atoms with Gasteiger partial charge in [-0.05, 0) is 42.8 Å². The van der Waals surface area contributed by atoms with Crippen LogP contribution in [0.3, 0.4) is 0 Å². The molecule has 0 fully saturated rings. The molecule has 2 N–H and O–H groups in total. The first-order chi connectivity index (χ1) is 13.7. The largest absolute Gasteiger partial charge is 0.493 e. The molecule has 2 aromatic rings. The maximum atomic E-state index is 12.8. The van der Waals surface area contributed by atoms with Crippen molar-refractivity contribution in [3.8, 4) is 11.5 Å². The fourth-order valence-corrected chi connectivity index (χ4v) is 2.60. The molecular formula is C20H21F3N2O4. The number of methoxy groups -OCH3 is 2. The Labute approximate surface area is 166 Å². The SMILES string of the molecule is COc1ccc(C(=O)NCC(=O)N[C@@H](C)c2cccc(C(F)(F)F)c2)cc1OC. The van der Waals surface area contributed by atoms with Crippen molar-refractivity contribution < 1.29 is 32.2 Å². The molecule has 0 aliphatic carbocycles. The standard InChI is InChI=1S/C20H21F3N2O4/c1-12(13-5-4-6-15(9-13)20(21,22)23)25-18(26)11-24-19(27)14-7-8-16(28-2)17(10-14)29-3/h4-10,12H,11H2,1-3H3,(H,24,27)(H,25,26)/t12-/m0/s1. The van der Waals surface area contributed by atoms with Crippen LogP contribution < -0.4 is 20.1 Å². The summed E-state index contributed by atoms with van der Waals surface area (Å²) in [6.45, 7) is 1.22. The molecule has 29 heavy (non-hydrogen) atoms. The molecule has 0 aliphatic heterocycles. The minimum Gasteiger partial charge on any atom is -0.493 e. The highest BCUT2D eigenvalue weighted by atomic mass is 19.4. The Hall–Kier alpha value is -3.23. The smallest absolute Gasteiger partial charge is 0.416 e. The number of rotatable bonds is 7. The molecule has 0 aromatic heterocycles. The van der Waals surface area contributed by atoms with Gasteiger partial charge in [0.25, 0.3) is 5.91 Å². The van der Waals surface area contributed by atoms with E-state index < -0.39 is 29.6 Å². The monoisotopic (exact) mass is 410 g/mol. The van der Waals surface area contributed by atoms with Crippen LogP contribution in [0.15, 0.2) is 42.5 Å². The topological polar surface area (TPSA) is 76.7 Å². The number of amides is 2. The molecule has 0 radical (unpaired) electrons. The molecule has 0 saturated heterocycles. The Kier molecular flexibility index (Phi) is 7.08. The summed E-state index contributed by atoms with van der Waals surface area (Å²) in [4.78, 5) is 24.3. The average molecular weight is 410 g/mol. The van der Waals surface area contributed by atoms with Crippen LogP contribution >= 0.6 is 0 Å². The predicted octanol–water partition coefficient (Wildman–Crippen LogP) is 3.33. The molecule has 156 valence electrons. The molecule has 2 rings (SSSR count). The summed E-state index contributed by atoms with van der Waals surface area (Å²) in [6, 6.07) is 8.58. The fourth-order valence-electron chi connectivity index (χ4n) is 2.60. The van der Waals surface area contributed by atoms with Crippen LogP contribution in [-0.2, 0) is 11.0 Å². The van der Waals surface area contributed by atoms with E-state index in [1.165, 1.54) is 38.5 Å². The quantitative estimate of drug-likeness (QED) is 0.734. The molecule has 2 amide bonds. The van der Waals surface area contributed by atoms with Crippen molar-refractivity contribution in [1.82, 2.24) is 10.6 Å². The number of benzene rings is 2. The molecular weight excluding hydrogens is 389 g/mol. The van der Waals surface area contributed by atoms with E-state index in [9.17, 15) is 22.8 Å². The van der Waals surface area contributed by atoms with Gasteiger partial charge in [-0.1, -0.05) is 12.1 Å². The van der Waals surface area contributed by atoms with Crippen LogP contribution in [0.1, 0.15) is 34.5 Å². The van der Waals surface area contributed by atoms with E-state index in [1.54, 1.807) is 13.0 Å². The van der Waals surface area contributed by atoms with Gasteiger partial charge in [0.05, 0.1) is 32.4 Å². The van der Waals surface area contributed by atoms with Crippen LogP contribution in [-0.4, -0.2) is 32.6 Å². The predicted molar refractivity (Wildman–Crippen MR) is 99.9 cm³/mol. The van der Waals surface area contributed by atoms with Crippen LogP contribution in [0.2, 0.25) is 0 Å². The van der Waals surface area contributed by atoms with Crippen molar-refractivity contribution in [2.24, 2.45) is 0 Å². The highest BCUT2D eigenvalue weighted by Crippen LogP contribution is 2.30. The Balaban J connectivity index is 1.95. The van der Waals surface area contributed by atoms with Crippen molar-refractivity contribution in [2.75, 3.05) is 20.8 Å². The first-order valence-electron chi connectivity index (χ1n) is 8.62. The van der Waals surface area contributed by atoms with Gasteiger partial charge in [-0.3, -0.25) is 9.59 Å². The highest BCUT2D eigenvalue weighted by molar-refractivity contribution is 5.97. The van der Waals surface area contributed by atoms with E-state index >= 15 is 0 Å². The third-order valence-electron chi connectivity index (χ3n) is 4.15. The van der Waals surface area contributed by atoms with E-state index in [2.05, 4.69) is 10.6 Å². The summed E-state index contributed by atoms with van der Waals surface area (Å²) in [5.74, 6) is -0.226. The van der Waals surface area contributed by atoms with Gasteiger partial charge in [-0.2, -0.15) is 13.2 Å². The number of nitrogens with one attached hydrogen (secondary N) is 2. The van der Waals surface area contributed by atoms with Crippen molar-refractivity contribution >= 4 is 11.8 Å². The first kappa shape index (κ1) is 22.1. The number of hydrogen-bond acceptors (Lipinski definition) is 4. The Bertz CT molecular complexity index is 884. The molecule has 6 nitrogen and oxygen atoms in total. The molecule has 9 heteroatoms. The molecule has 0 aliphatic rings. The van der Waals surface area contributed by atoms with Crippen LogP contribution in [0.5, 0.6) is 11.5 Å². The van der Waals surface area contributed by atoms with Gasteiger partial charge < -0.3 is 20.1 Å². The first-order valence-corrected chi connectivity index (χ1v) is 8.62. The molecule has 1 atom stereocenters. The van der Waals surface area contributed by atoms with Crippen molar-refractivity contribution in [2.45, 2.75) is 19.1 Å². The lowest BCUT2D eigenvalue weighted by Gasteiger charge is -2.16. The summed E-state index contributed by atoms with van der Waals surface area (Å²) >= 11 is 0. The molecule has 0 bridgehead atoms. The zero-order valence-electron chi connectivity index (χ0n) is 16.1. The molecule has 0 spiro atoms. The van der Waals surface area contributed by atoms with Gasteiger partial charge in [0.15, 0.2) is 11.5 Å². The van der Waals surface area contributed by atoms with Gasteiger partial charge in [0.1, 0.15) is 0 Å². The van der Waals surface area contributed by atoms with Crippen LogP contribution in [0, 0.1) is 0 Å². The van der Waals surface area contributed by atoms with Gasteiger partial charge in [-0.25, -0.2) is 0 Å². The second-order valence-corrected chi connectivity index (χ2v) is 6.16. The van der Waals surface area contributed by atoms with Crippen LogP contribution in [0.4, 0.5) is 13.2 Å². The van der Waals surface area contributed by atoms with E-state index in [0.717, 1.165) is 12.1 Å². The number of halogens is 3. The summed E-state index contributed by atoms with van der Waals surface area (Å²) in [5.41, 5.74) is -0.223. The zero-order valence-corrected chi connectivity index (χ0v) is 16.1. The number of carbonyl (C=O) groups excluding carboxylic acids is 2. The van der Waals surface area contributed by atoms with Crippen molar-refractivity contribution in [1.29, 1.82) is 0 Å². The third-order valence-corrected chi connectivity index (χ3v) is 4.15. The van der Waals surface area contributed by atoms with Crippen molar-refractivity contribution in [3.63, 3.8) is 0 Å². The fraction of sp³-hybridized carbons (Fsp3) is 0.300. The van der Waals surface area contributed by atoms with E-state index in [1.807, 2.05) is 0 Å². The minimum atomic E-state index is -4.47. The average Bonchev–Trinajstić information content (AvgIpc) is 2.70. The lowest BCUT2D eigenvalue weighted by molar-refractivity contribution is -0.137. The number of alkyl halides is 3. The van der Waals surface area contributed by atoms with Crippen molar-refractivity contribution in [3.05, 3.63) is 59.2 Å². The maximum Gasteiger partial charge on any atom is 0.416 e. The molecule has 0 saturated carbocycles. The second-order valence-electron chi connectivity index (χ2n) is 6.16. The lowest BCUT2D eigenvalue weighted by Crippen LogP contribution is -2.38. The number of ether oxygens (including phenoxy) is 2. The summed E-state index contributed by atoms with van der Waals surface area (Å²) < 4.78 is 48.7. The second kappa shape index (κ2) is 9.31. The minimum absolute atomic E-state index is 0.265. The Morgan fingerprint density at radius 2 is 1.72 bits per heavy atom. The molecule has 0 heterocycles. The van der Waals surface area contributed by atoms with E-state index in [0.29, 0.717) is 17.1 Å². The zero-order chi connectivity index (χ0) is 21.6. The molecule has 2 aromatic carbocycles.